The van der Waals surface area contributed by atoms with Gasteiger partial charge in [-0.3, -0.25) is 14.4 Å². The smallest absolute Gasteiger partial charge is 0.312 e. The first-order valence-electron chi connectivity index (χ1n) is 10.3. The maximum atomic E-state index is 12.9. The fraction of sp³-hybridized carbons (Fsp3) is 0.435. The summed E-state index contributed by atoms with van der Waals surface area (Å²) in [6.07, 6.45) is 1.88. The summed E-state index contributed by atoms with van der Waals surface area (Å²) >= 11 is 1.50. The molecule has 1 N–H and O–H groups in total. The van der Waals surface area contributed by atoms with Gasteiger partial charge in [-0.1, -0.05) is 37.1 Å². The molecule has 7 heteroatoms. The lowest BCUT2D eigenvalue weighted by Gasteiger charge is -2.27. The highest BCUT2D eigenvalue weighted by Crippen LogP contribution is 2.43. The molecule has 0 saturated carbocycles. The van der Waals surface area contributed by atoms with Crippen molar-refractivity contribution in [2.75, 3.05) is 11.5 Å². The second-order valence-corrected chi connectivity index (χ2v) is 8.71. The highest BCUT2D eigenvalue weighted by Gasteiger charge is 2.46. The lowest BCUT2D eigenvalue weighted by atomic mass is 9.99. The van der Waals surface area contributed by atoms with E-state index >= 15 is 0 Å². The van der Waals surface area contributed by atoms with Gasteiger partial charge in [-0.05, 0) is 43.8 Å². The molecule has 30 heavy (non-hydrogen) atoms. The van der Waals surface area contributed by atoms with E-state index in [0.29, 0.717) is 0 Å². The number of esters is 1. The molecule has 1 aliphatic rings. The van der Waals surface area contributed by atoms with Crippen LogP contribution < -0.4 is 10.2 Å². The Morgan fingerprint density at radius 3 is 2.63 bits per heavy atom. The van der Waals surface area contributed by atoms with E-state index < -0.39 is 17.9 Å². The Hall–Kier alpha value is -2.67. The second kappa shape index (κ2) is 9.89. The van der Waals surface area contributed by atoms with E-state index in [4.69, 9.17) is 4.74 Å². The maximum absolute atomic E-state index is 12.9. The van der Waals surface area contributed by atoms with Crippen LogP contribution in [0.5, 0.6) is 0 Å². The van der Waals surface area contributed by atoms with Gasteiger partial charge in [0.1, 0.15) is 0 Å². The third-order valence-corrected chi connectivity index (χ3v) is 6.19. The van der Waals surface area contributed by atoms with E-state index in [0.717, 1.165) is 29.0 Å². The van der Waals surface area contributed by atoms with E-state index in [-0.39, 0.29) is 30.9 Å². The summed E-state index contributed by atoms with van der Waals surface area (Å²) in [4.78, 5) is 40.4. The number of ether oxygens (including phenoxy) is 1. The summed E-state index contributed by atoms with van der Waals surface area (Å²) in [6, 6.07) is 11.1. The van der Waals surface area contributed by atoms with Crippen LogP contribution in [0.4, 0.5) is 5.69 Å². The van der Waals surface area contributed by atoms with Gasteiger partial charge in [0.15, 0.2) is 6.61 Å². The van der Waals surface area contributed by atoms with Crippen LogP contribution in [0.15, 0.2) is 41.8 Å². The number of carbonyl (C=O) groups excluding carboxylic acids is 3. The van der Waals surface area contributed by atoms with Gasteiger partial charge < -0.3 is 15.0 Å². The Balaban J connectivity index is 1.75. The molecule has 3 atom stereocenters. The molecule has 2 amide bonds. The highest BCUT2D eigenvalue weighted by atomic mass is 32.1. The lowest BCUT2D eigenvalue weighted by molar-refractivity contribution is -0.153. The van der Waals surface area contributed by atoms with Crippen LogP contribution in [0.2, 0.25) is 0 Å². The third-order valence-electron chi connectivity index (χ3n) is 5.25. The number of hydrogen-bond donors (Lipinski definition) is 1. The summed E-state index contributed by atoms with van der Waals surface area (Å²) in [5, 5.41) is 4.75. The minimum atomic E-state index is -0.654. The fourth-order valence-electron chi connectivity index (χ4n) is 3.81. The van der Waals surface area contributed by atoms with Crippen molar-refractivity contribution in [2.24, 2.45) is 5.92 Å². The SMILES string of the molecule is CCC[C@H](C)NC(=O)COC(=O)[C@H]1CC(=O)N(c2ccc(C)cc2)[C@H]1c1cccs1. The van der Waals surface area contributed by atoms with Crippen molar-refractivity contribution in [1.82, 2.24) is 5.32 Å². The summed E-state index contributed by atoms with van der Waals surface area (Å²) < 4.78 is 5.32. The number of anilines is 1. The molecule has 0 spiro atoms. The first kappa shape index (κ1) is 22.0. The van der Waals surface area contributed by atoms with Gasteiger partial charge >= 0.3 is 5.97 Å². The van der Waals surface area contributed by atoms with E-state index in [2.05, 4.69) is 5.32 Å². The number of amides is 2. The molecule has 2 heterocycles. The van der Waals surface area contributed by atoms with Crippen molar-refractivity contribution in [3.05, 3.63) is 52.2 Å². The quantitative estimate of drug-likeness (QED) is 0.645. The standard InChI is InChI=1S/C23H28N2O4S/c1-4-6-16(3)24-20(26)14-29-23(28)18-13-21(27)25(17-10-8-15(2)9-11-17)22(18)19-7-5-12-30-19/h5,7-12,16,18,22H,4,6,13-14H2,1-3H3,(H,24,26)/t16-,18-,22+/m0/s1. The molecule has 2 aromatic rings. The topological polar surface area (TPSA) is 75.7 Å². The molecule has 0 bridgehead atoms. The monoisotopic (exact) mass is 428 g/mol. The van der Waals surface area contributed by atoms with E-state index in [1.54, 1.807) is 4.90 Å². The van der Waals surface area contributed by atoms with Gasteiger partial charge in [0, 0.05) is 23.0 Å². The van der Waals surface area contributed by atoms with Gasteiger partial charge in [-0.15, -0.1) is 11.3 Å². The second-order valence-electron chi connectivity index (χ2n) is 7.74. The number of nitrogens with one attached hydrogen (secondary N) is 1. The number of rotatable bonds is 8. The summed E-state index contributed by atoms with van der Waals surface area (Å²) in [7, 11) is 0. The average molecular weight is 429 g/mol. The number of aryl methyl sites for hydroxylation is 1. The zero-order valence-corrected chi connectivity index (χ0v) is 18.4. The summed E-state index contributed by atoms with van der Waals surface area (Å²) in [6.45, 7) is 5.62. The Morgan fingerprint density at radius 2 is 2.00 bits per heavy atom. The predicted molar refractivity (Wildman–Crippen MR) is 117 cm³/mol. The van der Waals surface area contributed by atoms with Crippen LogP contribution in [0.1, 0.15) is 49.6 Å². The van der Waals surface area contributed by atoms with Gasteiger partial charge in [-0.25, -0.2) is 0 Å². The van der Waals surface area contributed by atoms with Crippen molar-refractivity contribution >= 4 is 34.8 Å². The maximum Gasteiger partial charge on any atom is 0.312 e. The third kappa shape index (κ3) is 5.08. The van der Waals surface area contributed by atoms with Crippen LogP contribution in [-0.4, -0.2) is 30.4 Å². The largest absolute Gasteiger partial charge is 0.455 e. The van der Waals surface area contributed by atoms with Crippen LogP contribution in [-0.2, 0) is 19.1 Å². The Bertz CT molecular complexity index is 879. The van der Waals surface area contributed by atoms with Crippen molar-refractivity contribution in [3.63, 3.8) is 0 Å². The zero-order valence-electron chi connectivity index (χ0n) is 17.6. The van der Waals surface area contributed by atoms with Crippen LogP contribution in [0.3, 0.4) is 0 Å². The molecule has 1 fully saturated rings. The molecule has 6 nitrogen and oxygen atoms in total. The Kier molecular flexibility index (Phi) is 7.26. The van der Waals surface area contributed by atoms with Crippen molar-refractivity contribution < 1.29 is 19.1 Å². The van der Waals surface area contributed by atoms with Gasteiger partial charge in [0.05, 0.1) is 12.0 Å². The molecule has 0 aliphatic carbocycles. The van der Waals surface area contributed by atoms with E-state index in [1.807, 2.05) is 62.5 Å². The number of nitrogens with zero attached hydrogens (tertiary/aromatic N) is 1. The first-order chi connectivity index (χ1) is 14.4. The van der Waals surface area contributed by atoms with Gasteiger partial charge in [0.25, 0.3) is 5.91 Å². The first-order valence-corrected chi connectivity index (χ1v) is 11.2. The summed E-state index contributed by atoms with van der Waals surface area (Å²) in [5.41, 5.74) is 1.85. The molecule has 1 aromatic carbocycles. The molecular weight excluding hydrogens is 400 g/mol. The van der Waals surface area contributed by atoms with Gasteiger partial charge in [-0.2, -0.15) is 0 Å². The van der Waals surface area contributed by atoms with E-state index in [9.17, 15) is 14.4 Å². The Morgan fingerprint density at radius 1 is 1.27 bits per heavy atom. The predicted octanol–water partition coefficient (Wildman–Crippen LogP) is 4.00. The van der Waals surface area contributed by atoms with E-state index in [1.165, 1.54) is 11.3 Å². The van der Waals surface area contributed by atoms with Gasteiger partial charge in [0.2, 0.25) is 5.91 Å². The molecule has 160 valence electrons. The molecule has 0 unspecified atom stereocenters. The Labute approximate surface area is 181 Å². The number of carbonyl (C=O) groups is 3. The number of thiophene rings is 1. The molecule has 1 aromatic heterocycles. The minimum Gasteiger partial charge on any atom is -0.455 e. The van der Waals surface area contributed by atoms with Crippen LogP contribution >= 0.6 is 11.3 Å². The molecule has 3 rings (SSSR count). The summed E-state index contributed by atoms with van der Waals surface area (Å²) in [5.74, 6) is -1.62. The van der Waals surface area contributed by atoms with Crippen molar-refractivity contribution in [2.45, 2.75) is 52.1 Å². The van der Waals surface area contributed by atoms with Crippen LogP contribution in [0, 0.1) is 12.8 Å². The minimum absolute atomic E-state index is 0.0326. The number of benzene rings is 1. The zero-order chi connectivity index (χ0) is 21.7. The molecule has 1 aliphatic heterocycles. The molecule has 1 saturated heterocycles. The normalized spacial score (nSPS) is 19.6. The average Bonchev–Trinajstić information content (AvgIpc) is 3.34. The van der Waals surface area contributed by atoms with Crippen molar-refractivity contribution in [3.8, 4) is 0 Å². The van der Waals surface area contributed by atoms with Crippen molar-refractivity contribution in [1.29, 1.82) is 0 Å². The lowest BCUT2D eigenvalue weighted by Crippen LogP contribution is -2.37. The fourth-order valence-corrected chi connectivity index (χ4v) is 4.69. The highest BCUT2D eigenvalue weighted by molar-refractivity contribution is 7.10. The van der Waals surface area contributed by atoms with Crippen LogP contribution in [0.25, 0.3) is 0 Å². The molecule has 0 radical (unpaired) electrons. The number of hydrogen-bond acceptors (Lipinski definition) is 5. The molecular formula is C23H28N2O4S.